The van der Waals surface area contributed by atoms with Crippen molar-refractivity contribution in [2.45, 2.75) is 26.2 Å². The first-order valence-electron chi connectivity index (χ1n) is 5.41. The first kappa shape index (κ1) is 11.2. The Morgan fingerprint density at radius 2 is 1.62 bits per heavy atom. The predicted molar refractivity (Wildman–Crippen MR) is 72.9 cm³/mol. The first-order chi connectivity index (χ1) is 7.48. The summed E-state index contributed by atoms with van der Waals surface area (Å²) >= 11 is 1.65. The molecule has 84 valence electrons. The van der Waals surface area contributed by atoms with Crippen molar-refractivity contribution >= 4 is 17.0 Å². The Morgan fingerprint density at radius 1 is 1.00 bits per heavy atom. The average molecular weight is 231 g/mol. The van der Waals surface area contributed by atoms with E-state index in [4.69, 9.17) is 5.73 Å². The summed E-state index contributed by atoms with van der Waals surface area (Å²) < 4.78 is 0. The first-order valence-corrected chi connectivity index (χ1v) is 6.35. The highest BCUT2D eigenvalue weighted by Gasteiger charge is 2.13. The molecule has 0 aliphatic heterocycles. The van der Waals surface area contributed by atoms with E-state index >= 15 is 0 Å². The Hall–Kier alpha value is -1.28. The molecule has 2 rings (SSSR count). The Kier molecular flexibility index (Phi) is 2.76. The van der Waals surface area contributed by atoms with Gasteiger partial charge in [-0.1, -0.05) is 45.0 Å². The lowest BCUT2D eigenvalue weighted by Gasteiger charge is -2.19. The van der Waals surface area contributed by atoms with Crippen molar-refractivity contribution in [3.63, 3.8) is 0 Å². The summed E-state index contributed by atoms with van der Waals surface area (Å²) in [4.78, 5) is 0. The minimum Gasteiger partial charge on any atom is -0.398 e. The number of nitrogen functional groups attached to an aromatic ring is 1. The number of thiophene rings is 1. The van der Waals surface area contributed by atoms with Crippen molar-refractivity contribution in [3.8, 4) is 11.1 Å². The van der Waals surface area contributed by atoms with E-state index in [9.17, 15) is 0 Å². The van der Waals surface area contributed by atoms with E-state index < -0.39 is 0 Å². The van der Waals surface area contributed by atoms with Crippen LogP contribution >= 0.6 is 11.3 Å². The van der Waals surface area contributed by atoms with Crippen LogP contribution in [0, 0.1) is 0 Å². The zero-order valence-corrected chi connectivity index (χ0v) is 10.8. The number of hydrogen-bond acceptors (Lipinski definition) is 2. The third kappa shape index (κ3) is 2.12. The summed E-state index contributed by atoms with van der Waals surface area (Å²) in [5.41, 5.74) is 10.7. The van der Waals surface area contributed by atoms with Gasteiger partial charge in [0.2, 0.25) is 0 Å². The topological polar surface area (TPSA) is 26.0 Å². The predicted octanol–water partition coefficient (Wildman–Crippen LogP) is 4.29. The summed E-state index contributed by atoms with van der Waals surface area (Å²) in [5, 5.41) is 4.08. The fourth-order valence-electron chi connectivity index (χ4n) is 1.69. The fourth-order valence-corrected chi connectivity index (χ4v) is 2.44. The molecule has 1 nitrogen and oxygen atoms in total. The van der Waals surface area contributed by atoms with Crippen LogP contribution in [0.3, 0.4) is 0 Å². The molecule has 2 heteroatoms. The van der Waals surface area contributed by atoms with Crippen molar-refractivity contribution in [1.29, 1.82) is 0 Å². The normalized spacial score (nSPS) is 11.7. The van der Waals surface area contributed by atoms with Crippen molar-refractivity contribution < 1.29 is 0 Å². The average Bonchev–Trinajstić information content (AvgIpc) is 2.63. The highest BCUT2D eigenvalue weighted by atomic mass is 32.1. The summed E-state index contributed by atoms with van der Waals surface area (Å²) in [5.74, 6) is 0. The quantitative estimate of drug-likeness (QED) is 0.778. The Labute approximate surface area is 101 Å². The largest absolute Gasteiger partial charge is 0.398 e. The molecule has 0 aliphatic rings. The smallest absolute Gasteiger partial charge is 0.0502 e. The Bertz CT molecular complexity index is 474. The van der Waals surface area contributed by atoms with Gasteiger partial charge in [-0.2, -0.15) is 0 Å². The van der Waals surface area contributed by atoms with Crippen LogP contribution in [0.1, 0.15) is 26.3 Å². The summed E-state index contributed by atoms with van der Waals surface area (Å²) in [6.45, 7) is 6.67. The van der Waals surface area contributed by atoms with Gasteiger partial charge in [0, 0.05) is 16.3 Å². The van der Waals surface area contributed by atoms with Gasteiger partial charge in [0.25, 0.3) is 0 Å². The van der Waals surface area contributed by atoms with Gasteiger partial charge in [-0.15, -0.1) is 11.3 Å². The van der Waals surface area contributed by atoms with Crippen LogP contribution < -0.4 is 5.73 Å². The van der Waals surface area contributed by atoms with E-state index in [0.717, 1.165) is 11.3 Å². The molecule has 0 fully saturated rings. The molecule has 1 heterocycles. The van der Waals surface area contributed by atoms with E-state index in [2.05, 4.69) is 50.4 Å². The standard InChI is InChI=1S/C14H17NS/c1-14(2,3)11-6-4-10(5-7-11)12-8-16-9-13(12)15/h4-9H,15H2,1-3H3. The lowest BCUT2D eigenvalue weighted by Crippen LogP contribution is -2.10. The maximum Gasteiger partial charge on any atom is 0.0502 e. The summed E-state index contributed by atoms with van der Waals surface area (Å²) in [6.07, 6.45) is 0. The van der Waals surface area contributed by atoms with Crippen molar-refractivity contribution in [2.24, 2.45) is 0 Å². The van der Waals surface area contributed by atoms with Crippen molar-refractivity contribution in [1.82, 2.24) is 0 Å². The second-order valence-corrected chi connectivity index (χ2v) is 5.81. The molecule has 0 saturated carbocycles. The Morgan fingerprint density at radius 3 is 2.06 bits per heavy atom. The van der Waals surface area contributed by atoms with Gasteiger partial charge in [0.1, 0.15) is 0 Å². The van der Waals surface area contributed by atoms with Crippen LogP contribution in [-0.2, 0) is 5.41 Å². The lowest BCUT2D eigenvalue weighted by atomic mass is 9.86. The zero-order valence-electron chi connectivity index (χ0n) is 9.95. The van der Waals surface area contributed by atoms with Gasteiger partial charge in [-0.3, -0.25) is 0 Å². The Balaban J connectivity index is 2.37. The molecule has 1 aromatic heterocycles. The number of hydrogen-bond donors (Lipinski definition) is 1. The molecule has 0 bridgehead atoms. The fraction of sp³-hybridized carbons (Fsp3) is 0.286. The molecule has 2 N–H and O–H groups in total. The molecule has 1 aromatic carbocycles. The van der Waals surface area contributed by atoms with Crippen molar-refractivity contribution in [3.05, 3.63) is 40.6 Å². The van der Waals surface area contributed by atoms with Gasteiger partial charge >= 0.3 is 0 Å². The lowest BCUT2D eigenvalue weighted by molar-refractivity contribution is 0.590. The molecule has 0 spiro atoms. The van der Waals surface area contributed by atoms with E-state index in [0.29, 0.717) is 0 Å². The van der Waals surface area contributed by atoms with Gasteiger partial charge in [-0.25, -0.2) is 0 Å². The van der Waals surface area contributed by atoms with Crippen molar-refractivity contribution in [2.75, 3.05) is 5.73 Å². The van der Waals surface area contributed by atoms with Gasteiger partial charge in [-0.05, 0) is 16.5 Å². The molecule has 2 aromatic rings. The van der Waals surface area contributed by atoms with Crippen LogP contribution in [0.5, 0.6) is 0 Å². The number of rotatable bonds is 1. The minimum atomic E-state index is 0.207. The number of benzene rings is 1. The van der Waals surface area contributed by atoms with E-state index in [1.54, 1.807) is 11.3 Å². The molecule has 0 amide bonds. The highest BCUT2D eigenvalue weighted by molar-refractivity contribution is 7.08. The molecule has 0 radical (unpaired) electrons. The second kappa shape index (κ2) is 3.95. The molecule has 0 saturated heterocycles. The maximum absolute atomic E-state index is 5.91. The highest BCUT2D eigenvalue weighted by Crippen LogP contribution is 2.31. The SMILES string of the molecule is CC(C)(C)c1ccc(-c2cscc2N)cc1. The molecule has 16 heavy (non-hydrogen) atoms. The number of anilines is 1. The summed E-state index contributed by atoms with van der Waals surface area (Å²) in [6, 6.07) is 8.68. The zero-order chi connectivity index (χ0) is 11.8. The van der Waals surface area contributed by atoms with Gasteiger partial charge in [0.05, 0.1) is 5.69 Å². The third-order valence-corrected chi connectivity index (χ3v) is 3.52. The molecule has 0 unspecified atom stereocenters. The van der Waals surface area contributed by atoms with Gasteiger partial charge in [0.15, 0.2) is 0 Å². The van der Waals surface area contributed by atoms with Crippen LogP contribution in [0.2, 0.25) is 0 Å². The minimum absolute atomic E-state index is 0.207. The second-order valence-electron chi connectivity index (χ2n) is 5.07. The van der Waals surface area contributed by atoms with Crippen LogP contribution in [0.15, 0.2) is 35.0 Å². The summed E-state index contributed by atoms with van der Waals surface area (Å²) in [7, 11) is 0. The molecular weight excluding hydrogens is 214 g/mol. The molecule has 0 atom stereocenters. The third-order valence-electron chi connectivity index (χ3n) is 2.75. The number of nitrogens with two attached hydrogens (primary N) is 1. The monoisotopic (exact) mass is 231 g/mol. The molecule has 0 aliphatic carbocycles. The van der Waals surface area contributed by atoms with Gasteiger partial charge < -0.3 is 5.73 Å². The van der Waals surface area contributed by atoms with E-state index in [1.807, 2.05) is 5.38 Å². The molecular formula is C14H17NS. The van der Waals surface area contributed by atoms with Crippen LogP contribution in [-0.4, -0.2) is 0 Å². The maximum atomic E-state index is 5.91. The van der Waals surface area contributed by atoms with Crippen LogP contribution in [0.4, 0.5) is 5.69 Å². The van der Waals surface area contributed by atoms with E-state index in [-0.39, 0.29) is 5.41 Å². The van der Waals surface area contributed by atoms with E-state index in [1.165, 1.54) is 11.1 Å². The van der Waals surface area contributed by atoms with Crippen LogP contribution in [0.25, 0.3) is 11.1 Å².